The van der Waals surface area contributed by atoms with Crippen LogP contribution in [0.1, 0.15) is 20.7 Å². The van der Waals surface area contributed by atoms with Crippen molar-refractivity contribution in [3.63, 3.8) is 0 Å². The van der Waals surface area contributed by atoms with Gasteiger partial charge in [0.2, 0.25) is 0 Å². The van der Waals surface area contributed by atoms with Crippen LogP contribution in [0.25, 0.3) is 0 Å². The number of para-hydroxylation sites is 2. The molecular formula is C23H15ClN4O6S. The first-order chi connectivity index (χ1) is 16.8. The maximum Gasteiger partial charge on any atom is 0.310 e. The number of carbonyl (C=O) groups excluding carboxylic acids is 3. The maximum atomic E-state index is 12.7. The second kappa shape index (κ2) is 9.87. The number of anilines is 2. The highest BCUT2D eigenvalue weighted by Gasteiger charge is 2.36. The molecule has 0 aromatic heterocycles. The van der Waals surface area contributed by atoms with Crippen LogP contribution in [0.15, 0.2) is 66.7 Å². The number of nitro benzene ring substituents is 1. The summed E-state index contributed by atoms with van der Waals surface area (Å²) < 4.78 is 5.22. The van der Waals surface area contributed by atoms with Gasteiger partial charge in [-0.05, 0) is 48.6 Å². The van der Waals surface area contributed by atoms with Crippen LogP contribution in [0.2, 0.25) is 5.02 Å². The topological polar surface area (TPSA) is 131 Å². The highest BCUT2D eigenvalue weighted by molar-refractivity contribution is 7.80. The molecule has 0 atom stereocenters. The molecule has 0 fully saturated rings. The summed E-state index contributed by atoms with van der Waals surface area (Å²) in [6.07, 6.45) is 0. The van der Waals surface area contributed by atoms with Crippen molar-refractivity contribution in [1.29, 1.82) is 0 Å². The number of nitrogens with one attached hydrogen (secondary N) is 2. The molecule has 4 rings (SSSR count). The van der Waals surface area contributed by atoms with Gasteiger partial charge in [-0.15, -0.1) is 0 Å². The summed E-state index contributed by atoms with van der Waals surface area (Å²) in [4.78, 5) is 48.9. The second-order valence-corrected chi connectivity index (χ2v) is 7.99. The van der Waals surface area contributed by atoms with Gasteiger partial charge in [-0.3, -0.25) is 29.8 Å². The minimum atomic E-state index is -0.653. The minimum absolute atomic E-state index is 0.0571. The van der Waals surface area contributed by atoms with Gasteiger partial charge in [0.25, 0.3) is 17.7 Å². The van der Waals surface area contributed by atoms with Crippen LogP contribution in [-0.2, 0) is 4.79 Å². The Balaban J connectivity index is 1.37. The molecule has 10 nitrogen and oxygen atoms in total. The second-order valence-electron chi connectivity index (χ2n) is 7.17. The number of imide groups is 1. The van der Waals surface area contributed by atoms with Crippen molar-refractivity contribution in [1.82, 2.24) is 5.32 Å². The van der Waals surface area contributed by atoms with E-state index in [0.717, 1.165) is 4.90 Å². The van der Waals surface area contributed by atoms with E-state index in [1.54, 1.807) is 30.3 Å². The van der Waals surface area contributed by atoms with Gasteiger partial charge >= 0.3 is 5.69 Å². The number of halogens is 1. The van der Waals surface area contributed by atoms with Crippen molar-refractivity contribution < 1.29 is 24.0 Å². The molecule has 176 valence electrons. The molecule has 3 aromatic rings. The first kappa shape index (κ1) is 23.8. The van der Waals surface area contributed by atoms with E-state index in [4.69, 9.17) is 28.6 Å². The maximum absolute atomic E-state index is 12.7. The molecule has 35 heavy (non-hydrogen) atoms. The average Bonchev–Trinajstić information content (AvgIpc) is 3.09. The number of carbonyl (C=O) groups is 3. The molecule has 0 bridgehead atoms. The van der Waals surface area contributed by atoms with Gasteiger partial charge in [0, 0.05) is 6.07 Å². The Kier molecular flexibility index (Phi) is 6.71. The quantitative estimate of drug-likeness (QED) is 0.221. The zero-order valence-corrected chi connectivity index (χ0v) is 19.3. The van der Waals surface area contributed by atoms with Gasteiger partial charge in [0.15, 0.2) is 17.5 Å². The summed E-state index contributed by atoms with van der Waals surface area (Å²) in [6, 6.07) is 16.6. The molecule has 0 spiro atoms. The minimum Gasteiger partial charge on any atom is -0.477 e. The molecule has 0 saturated carbocycles. The predicted octanol–water partition coefficient (Wildman–Crippen LogP) is 3.94. The zero-order chi connectivity index (χ0) is 25.1. The normalized spacial score (nSPS) is 12.2. The van der Waals surface area contributed by atoms with Crippen molar-refractivity contribution in [2.45, 2.75) is 0 Å². The summed E-state index contributed by atoms with van der Waals surface area (Å²) in [5.41, 5.74) is 0.938. The van der Waals surface area contributed by atoms with E-state index < -0.39 is 29.3 Å². The number of thiocarbonyl (C=S) groups is 1. The smallest absolute Gasteiger partial charge is 0.310 e. The number of ether oxygens (including phenoxy) is 1. The van der Waals surface area contributed by atoms with Crippen LogP contribution >= 0.6 is 23.8 Å². The summed E-state index contributed by atoms with van der Waals surface area (Å²) in [5, 5.41) is 16.2. The van der Waals surface area contributed by atoms with Crippen molar-refractivity contribution in [3.05, 3.63) is 93.0 Å². The number of nitrogens with zero attached hydrogens (tertiary/aromatic N) is 2. The lowest BCUT2D eigenvalue weighted by molar-refractivity contribution is -0.385. The summed E-state index contributed by atoms with van der Waals surface area (Å²) in [6.45, 7) is -0.515. The van der Waals surface area contributed by atoms with E-state index in [1.807, 2.05) is 0 Å². The Morgan fingerprint density at radius 3 is 2.29 bits per heavy atom. The molecular weight excluding hydrogens is 496 g/mol. The average molecular weight is 511 g/mol. The SMILES string of the molecule is O=C(COc1ccccc1[N+](=O)[O-])NC(=S)Nc1ccc(N2C(=O)c3ccccc3C2=O)cc1Cl. The van der Waals surface area contributed by atoms with Crippen LogP contribution in [-0.4, -0.2) is 34.4 Å². The molecule has 0 unspecified atom stereocenters. The first-order valence-corrected chi connectivity index (χ1v) is 10.8. The Labute approximate surface area is 208 Å². The van der Waals surface area contributed by atoms with Gasteiger partial charge in [-0.2, -0.15) is 0 Å². The van der Waals surface area contributed by atoms with E-state index in [1.165, 1.54) is 36.4 Å². The van der Waals surface area contributed by atoms with Crippen molar-refractivity contribution in [3.8, 4) is 5.75 Å². The molecule has 0 aliphatic carbocycles. The van der Waals surface area contributed by atoms with Crippen LogP contribution in [0.5, 0.6) is 5.75 Å². The number of rotatable bonds is 6. The lowest BCUT2D eigenvalue weighted by Crippen LogP contribution is -2.37. The van der Waals surface area contributed by atoms with Crippen LogP contribution in [0.3, 0.4) is 0 Å². The molecule has 0 saturated heterocycles. The zero-order valence-electron chi connectivity index (χ0n) is 17.7. The van der Waals surface area contributed by atoms with E-state index in [9.17, 15) is 24.5 Å². The third-order valence-electron chi connectivity index (χ3n) is 4.93. The Morgan fingerprint density at radius 2 is 1.66 bits per heavy atom. The Hall–Kier alpha value is -4.35. The Bertz CT molecular complexity index is 1360. The summed E-state index contributed by atoms with van der Waals surface area (Å²) in [5.74, 6) is -1.62. The van der Waals surface area contributed by atoms with Gasteiger partial charge in [0.05, 0.1) is 32.4 Å². The van der Waals surface area contributed by atoms with Gasteiger partial charge in [-0.1, -0.05) is 35.9 Å². The lowest BCUT2D eigenvalue weighted by Gasteiger charge is -2.16. The third-order valence-corrected chi connectivity index (χ3v) is 5.44. The van der Waals surface area contributed by atoms with E-state index in [0.29, 0.717) is 16.8 Å². The van der Waals surface area contributed by atoms with Gasteiger partial charge in [0.1, 0.15) is 0 Å². The standard InChI is InChI=1S/C23H15ClN4O6S/c24-16-11-13(27-21(30)14-5-1-2-6-15(14)22(27)31)9-10-17(16)25-23(35)26-20(29)12-34-19-8-4-3-7-18(19)28(32)33/h1-11H,12H2,(H2,25,26,29,35). The van der Waals surface area contributed by atoms with Crippen molar-refractivity contribution in [2.75, 3.05) is 16.8 Å². The molecule has 0 radical (unpaired) electrons. The van der Waals surface area contributed by atoms with Crippen molar-refractivity contribution >= 4 is 63.7 Å². The fourth-order valence-electron chi connectivity index (χ4n) is 3.36. The van der Waals surface area contributed by atoms with Crippen LogP contribution < -0.4 is 20.3 Å². The number of fused-ring (bicyclic) bond motifs is 1. The molecule has 1 aliphatic heterocycles. The van der Waals surface area contributed by atoms with Gasteiger partial charge in [-0.25, -0.2) is 4.90 Å². The third kappa shape index (κ3) is 4.95. The number of hydrogen-bond donors (Lipinski definition) is 2. The van der Waals surface area contributed by atoms with Crippen LogP contribution in [0.4, 0.5) is 17.1 Å². The fraction of sp³-hybridized carbons (Fsp3) is 0.0435. The molecule has 12 heteroatoms. The number of nitro groups is 1. The molecule has 3 aromatic carbocycles. The van der Waals surface area contributed by atoms with Crippen LogP contribution in [0, 0.1) is 10.1 Å². The highest BCUT2D eigenvalue weighted by atomic mass is 35.5. The number of hydrogen-bond acceptors (Lipinski definition) is 7. The summed E-state index contributed by atoms with van der Waals surface area (Å²) >= 11 is 11.4. The predicted molar refractivity (Wildman–Crippen MR) is 132 cm³/mol. The first-order valence-electron chi connectivity index (χ1n) is 10.0. The largest absolute Gasteiger partial charge is 0.477 e. The Morgan fingerprint density at radius 1 is 1.03 bits per heavy atom. The lowest BCUT2D eigenvalue weighted by atomic mass is 10.1. The van der Waals surface area contributed by atoms with E-state index >= 15 is 0 Å². The fourth-order valence-corrected chi connectivity index (χ4v) is 3.80. The number of benzene rings is 3. The van der Waals surface area contributed by atoms with Gasteiger partial charge < -0.3 is 10.1 Å². The van der Waals surface area contributed by atoms with Crippen molar-refractivity contribution in [2.24, 2.45) is 0 Å². The molecule has 3 amide bonds. The highest BCUT2D eigenvalue weighted by Crippen LogP contribution is 2.33. The van der Waals surface area contributed by atoms with E-state index in [-0.39, 0.29) is 27.3 Å². The monoisotopic (exact) mass is 510 g/mol. The van der Waals surface area contributed by atoms with E-state index in [2.05, 4.69) is 10.6 Å². The molecule has 2 N–H and O–H groups in total. The molecule has 1 heterocycles. The molecule has 1 aliphatic rings. The number of amides is 3. The summed E-state index contributed by atoms with van der Waals surface area (Å²) in [7, 11) is 0.